The maximum absolute atomic E-state index is 13.3. The Hall–Kier alpha value is -2.18. The summed E-state index contributed by atoms with van der Waals surface area (Å²) in [7, 11) is 0. The summed E-state index contributed by atoms with van der Waals surface area (Å²) in [5.74, 6) is -0.128. The number of morpholine rings is 1. The van der Waals surface area contributed by atoms with Gasteiger partial charge >= 0.3 is 0 Å². The molecule has 2 aliphatic rings. The Bertz CT molecular complexity index is 867. The molecule has 4 rings (SSSR count). The van der Waals surface area contributed by atoms with Crippen molar-refractivity contribution in [3.05, 3.63) is 51.4 Å². The monoisotopic (exact) mass is 398 g/mol. The molecule has 0 radical (unpaired) electrons. The van der Waals surface area contributed by atoms with Crippen LogP contribution in [0, 0.1) is 0 Å². The van der Waals surface area contributed by atoms with Crippen LogP contribution in [0.1, 0.15) is 56.5 Å². The van der Waals surface area contributed by atoms with E-state index in [4.69, 9.17) is 4.74 Å². The van der Waals surface area contributed by atoms with Gasteiger partial charge in [0.25, 0.3) is 11.8 Å². The highest BCUT2D eigenvalue weighted by Crippen LogP contribution is 2.39. The summed E-state index contributed by atoms with van der Waals surface area (Å²) in [6.07, 6.45) is 5.09. The molecule has 1 fully saturated rings. The summed E-state index contributed by atoms with van der Waals surface area (Å²) in [5.41, 5.74) is 3.67. The molecule has 2 heterocycles. The normalized spacial score (nSPS) is 16.5. The van der Waals surface area contributed by atoms with Gasteiger partial charge in [-0.25, -0.2) is 0 Å². The first-order valence-corrected chi connectivity index (χ1v) is 10.9. The van der Waals surface area contributed by atoms with Gasteiger partial charge in [0.05, 0.1) is 18.8 Å². The molecule has 0 atom stereocenters. The van der Waals surface area contributed by atoms with E-state index in [1.54, 1.807) is 11.3 Å². The number of hydrogen-bond acceptors (Lipinski definition) is 4. The predicted molar refractivity (Wildman–Crippen MR) is 111 cm³/mol. The first-order chi connectivity index (χ1) is 13.7. The largest absolute Gasteiger partial charge is 0.378 e. The molecule has 6 heteroatoms. The van der Waals surface area contributed by atoms with Crippen LogP contribution in [0.5, 0.6) is 0 Å². The number of fused-ring (bicyclic) bond motifs is 1. The van der Waals surface area contributed by atoms with Crippen molar-refractivity contribution in [2.45, 2.75) is 39.0 Å². The second-order valence-electron chi connectivity index (χ2n) is 7.32. The van der Waals surface area contributed by atoms with E-state index < -0.39 is 0 Å². The highest BCUT2D eigenvalue weighted by Gasteiger charge is 2.30. The fourth-order valence-electron chi connectivity index (χ4n) is 3.87. The lowest BCUT2D eigenvalue weighted by atomic mass is 9.95. The van der Waals surface area contributed by atoms with Crippen LogP contribution in [0.3, 0.4) is 0 Å². The van der Waals surface area contributed by atoms with Crippen molar-refractivity contribution >= 4 is 28.2 Å². The summed E-state index contributed by atoms with van der Waals surface area (Å²) >= 11 is 1.57. The van der Waals surface area contributed by atoms with Crippen molar-refractivity contribution in [2.75, 3.05) is 31.6 Å². The number of carbonyl (C=O) groups excluding carboxylic acids is 2. The number of nitrogens with zero attached hydrogens (tertiary/aromatic N) is 1. The predicted octanol–water partition coefficient (Wildman–Crippen LogP) is 3.91. The molecule has 1 aromatic heterocycles. The van der Waals surface area contributed by atoms with Gasteiger partial charge in [0, 0.05) is 23.5 Å². The summed E-state index contributed by atoms with van der Waals surface area (Å²) in [6, 6.07) is 7.67. The SMILES string of the molecule is CCc1ccc(C(=O)Nc2sc3c(c2C(=O)N2CCOCC2)CCCC3)cc1. The molecular weight excluding hydrogens is 372 g/mol. The minimum absolute atomic E-state index is 0.0272. The summed E-state index contributed by atoms with van der Waals surface area (Å²) in [6.45, 7) is 4.45. The maximum atomic E-state index is 13.3. The van der Waals surface area contributed by atoms with Crippen LogP contribution in [-0.2, 0) is 24.0 Å². The molecule has 148 valence electrons. The Kier molecular flexibility index (Phi) is 5.78. The zero-order valence-electron chi connectivity index (χ0n) is 16.3. The Labute approximate surface area is 169 Å². The molecule has 1 aromatic carbocycles. The van der Waals surface area contributed by atoms with Gasteiger partial charge in [-0.1, -0.05) is 19.1 Å². The van der Waals surface area contributed by atoms with Crippen molar-refractivity contribution in [3.8, 4) is 0 Å². The number of benzene rings is 1. The summed E-state index contributed by atoms with van der Waals surface area (Å²) in [5, 5.41) is 3.74. The second kappa shape index (κ2) is 8.45. The van der Waals surface area contributed by atoms with Gasteiger partial charge in [-0.2, -0.15) is 0 Å². The number of amides is 2. The van der Waals surface area contributed by atoms with Crippen LogP contribution in [-0.4, -0.2) is 43.0 Å². The van der Waals surface area contributed by atoms with E-state index in [0.717, 1.165) is 37.7 Å². The zero-order chi connectivity index (χ0) is 19.5. The third-order valence-corrected chi connectivity index (χ3v) is 6.74. The van der Waals surface area contributed by atoms with Crippen LogP contribution in [0.4, 0.5) is 5.00 Å². The second-order valence-corrected chi connectivity index (χ2v) is 8.43. The van der Waals surface area contributed by atoms with E-state index in [-0.39, 0.29) is 11.8 Å². The molecule has 2 aromatic rings. The van der Waals surface area contributed by atoms with Gasteiger partial charge in [-0.05, 0) is 55.4 Å². The average molecular weight is 399 g/mol. The van der Waals surface area contributed by atoms with Crippen molar-refractivity contribution in [1.82, 2.24) is 4.90 Å². The fourth-order valence-corrected chi connectivity index (χ4v) is 5.15. The highest BCUT2D eigenvalue weighted by molar-refractivity contribution is 7.17. The van der Waals surface area contributed by atoms with Crippen LogP contribution in [0.15, 0.2) is 24.3 Å². The number of ether oxygens (including phenoxy) is 1. The number of hydrogen-bond donors (Lipinski definition) is 1. The van der Waals surface area contributed by atoms with Gasteiger partial charge < -0.3 is 15.0 Å². The number of thiophene rings is 1. The minimum atomic E-state index is -0.155. The third kappa shape index (κ3) is 3.84. The van der Waals surface area contributed by atoms with Gasteiger partial charge in [0.15, 0.2) is 0 Å². The van der Waals surface area contributed by atoms with Crippen molar-refractivity contribution < 1.29 is 14.3 Å². The lowest BCUT2D eigenvalue weighted by Gasteiger charge is -2.27. The molecule has 2 amide bonds. The summed E-state index contributed by atoms with van der Waals surface area (Å²) < 4.78 is 5.39. The van der Waals surface area contributed by atoms with Crippen LogP contribution in [0.25, 0.3) is 0 Å². The molecule has 28 heavy (non-hydrogen) atoms. The Balaban J connectivity index is 1.62. The Morgan fingerprint density at radius 2 is 1.82 bits per heavy atom. The molecular formula is C22H26N2O3S. The van der Waals surface area contributed by atoms with Crippen LogP contribution < -0.4 is 5.32 Å². The van der Waals surface area contributed by atoms with Crippen LogP contribution in [0.2, 0.25) is 0 Å². The van der Waals surface area contributed by atoms with Gasteiger partial charge in [0.2, 0.25) is 0 Å². The van der Waals surface area contributed by atoms with Crippen molar-refractivity contribution in [1.29, 1.82) is 0 Å². The number of nitrogens with one attached hydrogen (secondary N) is 1. The number of carbonyl (C=O) groups is 2. The van der Waals surface area contributed by atoms with E-state index in [0.29, 0.717) is 42.4 Å². The topological polar surface area (TPSA) is 58.6 Å². The first-order valence-electron chi connectivity index (χ1n) is 10.1. The molecule has 0 bridgehead atoms. The van der Waals surface area contributed by atoms with E-state index in [2.05, 4.69) is 12.2 Å². The molecule has 0 saturated carbocycles. The van der Waals surface area contributed by atoms with E-state index in [1.165, 1.54) is 10.4 Å². The minimum Gasteiger partial charge on any atom is -0.378 e. The Morgan fingerprint density at radius 1 is 1.11 bits per heavy atom. The number of rotatable bonds is 4. The van der Waals surface area contributed by atoms with Gasteiger partial charge in [-0.15, -0.1) is 11.3 Å². The first kappa shape index (κ1) is 19.2. The third-order valence-electron chi connectivity index (χ3n) is 5.53. The molecule has 0 unspecified atom stereocenters. The Morgan fingerprint density at radius 3 is 2.54 bits per heavy atom. The average Bonchev–Trinajstić information content (AvgIpc) is 3.11. The van der Waals surface area contributed by atoms with Crippen LogP contribution >= 0.6 is 11.3 Å². The molecule has 5 nitrogen and oxygen atoms in total. The van der Waals surface area contributed by atoms with E-state index in [9.17, 15) is 9.59 Å². The van der Waals surface area contributed by atoms with E-state index in [1.807, 2.05) is 29.2 Å². The number of anilines is 1. The molecule has 1 saturated heterocycles. The molecule has 1 aliphatic carbocycles. The van der Waals surface area contributed by atoms with Gasteiger partial charge in [0.1, 0.15) is 5.00 Å². The maximum Gasteiger partial charge on any atom is 0.257 e. The van der Waals surface area contributed by atoms with Gasteiger partial charge in [-0.3, -0.25) is 9.59 Å². The fraction of sp³-hybridized carbons (Fsp3) is 0.455. The molecule has 1 aliphatic heterocycles. The highest BCUT2D eigenvalue weighted by atomic mass is 32.1. The lowest BCUT2D eigenvalue weighted by Crippen LogP contribution is -2.41. The van der Waals surface area contributed by atoms with Crippen molar-refractivity contribution in [2.24, 2.45) is 0 Å². The van der Waals surface area contributed by atoms with E-state index >= 15 is 0 Å². The lowest BCUT2D eigenvalue weighted by molar-refractivity contribution is 0.0303. The van der Waals surface area contributed by atoms with Crippen molar-refractivity contribution in [3.63, 3.8) is 0 Å². The molecule has 1 N–H and O–H groups in total. The number of aryl methyl sites for hydroxylation is 2. The standard InChI is InChI=1S/C22H26N2O3S/c1-2-15-7-9-16(10-8-15)20(25)23-21-19(17-5-3-4-6-18(17)28-21)22(26)24-11-13-27-14-12-24/h7-10H,2-6,11-14H2,1H3,(H,23,25). The molecule has 0 spiro atoms. The summed E-state index contributed by atoms with van der Waals surface area (Å²) in [4.78, 5) is 29.2. The smallest absolute Gasteiger partial charge is 0.257 e. The quantitative estimate of drug-likeness (QED) is 0.849. The zero-order valence-corrected chi connectivity index (χ0v) is 17.1.